The molecule has 0 spiro atoms. The Morgan fingerprint density at radius 1 is 1.23 bits per heavy atom. The van der Waals surface area contributed by atoms with Gasteiger partial charge >= 0.3 is 11.8 Å². The van der Waals surface area contributed by atoms with Crippen molar-refractivity contribution >= 4 is 34.2 Å². The Kier molecular flexibility index (Phi) is 5.75. The molecule has 9 heteroatoms. The van der Waals surface area contributed by atoms with E-state index >= 15 is 0 Å². The molecule has 2 amide bonds. The lowest BCUT2D eigenvalue weighted by Gasteiger charge is -2.43. The van der Waals surface area contributed by atoms with Gasteiger partial charge in [-0.15, -0.1) is 0 Å². The summed E-state index contributed by atoms with van der Waals surface area (Å²) in [5.41, 5.74) is 10.5. The highest BCUT2D eigenvalue weighted by molar-refractivity contribution is 6.40. The van der Waals surface area contributed by atoms with Gasteiger partial charge in [0.25, 0.3) is 0 Å². The second kappa shape index (κ2) is 8.64. The molecule has 35 heavy (non-hydrogen) atoms. The van der Waals surface area contributed by atoms with Crippen molar-refractivity contribution in [2.75, 3.05) is 31.2 Å². The van der Waals surface area contributed by atoms with E-state index in [0.29, 0.717) is 34.9 Å². The van der Waals surface area contributed by atoms with Crippen molar-refractivity contribution in [1.29, 1.82) is 0 Å². The summed E-state index contributed by atoms with van der Waals surface area (Å²) in [5, 5.41) is 10.1. The lowest BCUT2D eigenvalue weighted by atomic mass is 9.81. The largest absolute Gasteiger partial charge is 0.383 e. The molecule has 0 radical (unpaired) electrons. The van der Waals surface area contributed by atoms with Crippen LogP contribution in [0.5, 0.6) is 0 Å². The molecule has 0 unspecified atom stereocenters. The van der Waals surface area contributed by atoms with Gasteiger partial charge in [-0.2, -0.15) is 5.10 Å². The number of rotatable bonds is 2. The number of carbonyl (C=O) groups is 2. The van der Waals surface area contributed by atoms with Crippen molar-refractivity contribution in [3.05, 3.63) is 47.3 Å². The van der Waals surface area contributed by atoms with Crippen LogP contribution in [-0.4, -0.2) is 56.9 Å². The van der Waals surface area contributed by atoms with E-state index in [2.05, 4.69) is 71.4 Å². The molecule has 0 aliphatic carbocycles. The standard InChI is InChI=1S/C26H33N7O2/c1-15-5-8-21(17-6-7-19-16(11-17)9-10-32(4)26(19,2)3)33(14-15)25(35)24(34)30-20-13-28-23(27)18-12-29-31-22(18)20/h6-7,11-13,15,21H,5,8-10,14H2,1-4H3,(H2,27,28)(H,29,31)(H,30,34)/t15-,21+/m0/s1. The number of likely N-dealkylation sites (N-methyl/N-ethyl adjacent to an activating group) is 1. The molecule has 0 bridgehead atoms. The van der Waals surface area contributed by atoms with Gasteiger partial charge in [-0.3, -0.25) is 19.6 Å². The Morgan fingerprint density at radius 3 is 2.83 bits per heavy atom. The summed E-state index contributed by atoms with van der Waals surface area (Å²) in [5.74, 6) is -0.591. The number of benzene rings is 1. The third-order valence-electron chi connectivity index (χ3n) is 7.88. The third-order valence-corrected chi connectivity index (χ3v) is 7.88. The first kappa shape index (κ1) is 23.3. The average Bonchev–Trinajstić information content (AvgIpc) is 3.34. The Labute approximate surface area is 205 Å². The van der Waals surface area contributed by atoms with E-state index in [4.69, 9.17) is 5.73 Å². The number of piperidine rings is 1. The zero-order valence-electron chi connectivity index (χ0n) is 20.8. The number of nitrogens with two attached hydrogens (primary N) is 1. The summed E-state index contributed by atoms with van der Waals surface area (Å²) in [6, 6.07) is 6.46. The maximum atomic E-state index is 13.4. The minimum absolute atomic E-state index is 0.0340. The molecule has 2 aliphatic rings. The number of likely N-dealkylation sites (tertiary alicyclic amines) is 1. The molecule has 2 aromatic heterocycles. The number of fused-ring (bicyclic) bond motifs is 2. The predicted molar refractivity (Wildman–Crippen MR) is 136 cm³/mol. The highest BCUT2D eigenvalue weighted by Crippen LogP contribution is 2.39. The minimum Gasteiger partial charge on any atom is -0.383 e. The number of carbonyl (C=O) groups excluding carboxylic acids is 2. The molecule has 4 heterocycles. The number of nitrogen functional groups attached to an aromatic ring is 1. The summed E-state index contributed by atoms with van der Waals surface area (Å²) in [4.78, 5) is 34.8. The predicted octanol–water partition coefficient (Wildman–Crippen LogP) is 3.20. The summed E-state index contributed by atoms with van der Waals surface area (Å²) >= 11 is 0. The zero-order valence-corrected chi connectivity index (χ0v) is 20.8. The fraction of sp³-hybridized carbons (Fsp3) is 0.462. The summed E-state index contributed by atoms with van der Waals surface area (Å²) in [7, 11) is 2.16. The Bertz CT molecular complexity index is 1300. The number of hydrogen-bond acceptors (Lipinski definition) is 6. The maximum absolute atomic E-state index is 13.4. The number of amides is 2. The number of pyridine rings is 1. The molecular formula is C26H33N7O2. The smallest absolute Gasteiger partial charge is 0.314 e. The SMILES string of the molecule is C[C@H]1CC[C@H](c2ccc3c(c2)CCN(C)C3(C)C)N(C(=O)C(=O)Nc2cnc(N)c3cn[nH]c23)C1. The Balaban J connectivity index is 1.41. The van der Waals surface area contributed by atoms with E-state index in [1.165, 1.54) is 17.3 Å². The van der Waals surface area contributed by atoms with Crippen molar-refractivity contribution in [3.63, 3.8) is 0 Å². The van der Waals surface area contributed by atoms with Gasteiger partial charge in [-0.1, -0.05) is 25.1 Å². The lowest BCUT2D eigenvalue weighted by Crippen LogP contribution is -2.47. The van der Waals surface area contributed by atoms with Crippen LogP contribution in [0.2, 0.25) is 0 Å². The molecule has 2 aliphatic heterocycles. The number of aromatic nitrogens is 3. The first-order valence-electron chi connectivity index (χ1n) is 12.2. The van der Waals surface area contributed by atoms with Gasteiger partial charge in [0.05, 0.1) is 35.0 Å². The molecule has 2 atom stereocenters. The molecule has 3 aromatic rings. The van der Waals surface area contributed by atoms with Crippen LogP contribution in [0.4, 0.5) is 11.5 Å². The van der Waals surface area contributed by atoms with Gasteiger partial charge in [0.2, 0.25) is 0 Å². The summed E-state index contributed by atoms with van der Waals surface area (Å²) < 4.78 is 0. The fourth-order valence-corrected chi connectivity index (χ4v) is 5.48. The number of nitrogens with zero attached hydrogens (tertiary/aromatic N) is 4. The first-order valence-corrected chi connectivity index (χ1v) is 12.2. The topological polar surface area (TPSA) is 120 Å². The molecule has 9 nitrogen and oxygen atoms in total. The fourth-order valence-electron chi connectivity index (χ4n) is 5.48. The van der Waals surface area contributed by atoms with E-state index in [-0.39, 0.29) is 11.6 Å². The Morgan fingerprint density at radius 2 is 2.03 bits per heavy atom. The normalized spacial score (nSPS) is 22.1. The van der Waals surface area contributed by atoms with Crippen LogP contribution in [0, 0.1) is 5.92 Å². The van der Waals surface area contributed by atoms with Crippen molar-refractivity contribution < 1.29 is 9.59 Å². The second-order valence-corrected chi connectivity index (χ2v) is 10.5. The van der Waals surface area contributed by atoms with E-state index in [0.717, 1.165) is 31.4 Å². The number of hydrogen-bond donors (Lipinski definition) is 3. The van der Waals surface area contributed by atoms with Gasteiger partial charge in [-0.25, -0.2) is 4.98 Å². The van der Waals surface area contributed by atoms with Gasteiger partial charge in [0, 0.05) is 18.6 Å². The van der Waals surface area contributed by atoms with Crippen LogP contribution in [0.25, 0.3) is 10.9 Å². The zero-order chi connectivity index (χ0) is 24.9. The molecular weight excluding hydrogens is 442 g/mol. The van der Waals surface area contributed by atoms with Crippen LogP contribution in [0.3, 0.4) is 0 Å². The van der Waals surface area contributed by atoms with Crippen LogP contribution in [0.15, 0.2) is 30.6 Å². The Hall–Kier alpha value is -3.46. The van der Waals surface area contributed by atoms with Gasteiger partial charge < -0.3 is 16.0 Å². The molecule has 184 valence electrons. The van der Waals surface area contributed by atoms with Gasteiger partial charge in [0.1, 0.15) is 5.82 Å². The lowest BCUT2D eigenvalue weighted by molar-refractivity contribution is -0.146. The van der Waals surface area contributed by atoms with Crippen molar-refractivity contribution in [2.45, 2.75) is 51.6 Å². The van der Waals surface area contributed by atoms with E-state index < -0.39 is 11.8 Å². The highest BCUT2D eigenvalue weighted by Gasteiger charge is 2.36. The van der Waals surface area contributed by atoms with Gasteiger partial charge in [-0.05, 0) is 62.8 Å². The molecule has 1 fully saturated rings. The summed E-state index contributed by atoms with van der Waals surface area (Å²) in [6.07, 6.45) is 5.81. The maximum Gasteiger partial charge on any atom is 0.314 e. The first-order chi connectivity index (χ1) is 16.7. The van der Waals surface area contributed by atoms with E-state index in [1.54, 1.807) is 11.1 Å². The second-order valence-electron chi connectivity index (χ2n) is 10.5. The van der Waals surface area contributed by atoms with Crippen molar-refractivity contribution in [1.82, 2.24) is 25.0 Å². The number of H-pyrrole nitrogens is 1. The minimum atomic E-state index is -0.688. The van der Waals surface area contributed by atoms with Crippen molar-refractivity contribution in [2.24, 2.45) is 5.92 Å². The van der Waals surface area contributed by atoms with Gasteiger partial charge in [0.15, 0.2) is 0 Å². The third kappa shape index (κ3) is 4.03. The van der Waals surface area contributed by atoms with Crippen LogP contribution in [0.1, 0.15) is 56.3 Å². The van der Waals surface area contributed by atoms with E-state index in [1.807, 2.05) is 0 Å². The molecule has 4 N–H and O–H groups in total. The average molecular weight is 476 g/mol. The van der Waals surface area contributed by atoms with Crippen LogP contribution in [-0.2, 0) is 21.5 Å². The number of nitrogens with one attached hydrogen (secondary N) is 2. The van der Waals surface area contributed by atoms with E-state index in [9.17, 15) is 9.59 Å². The molecule has 1 saturated heterocycles. The van der Waals surface area contributed by atoms with Crippen LogP contribution < -0.4 is 11.1 Å². The quantitative estimate of drug-likeness (QED) is 0.490. The summed E-state index contributed by atoms with van der Waals surface area (Å²) in [6.45, 7) is 8.15. The monoisotopic (exact) mass is 475 g/mol. The molecule has 1 aromatic carbocycles. The molecule has 0 saturated carbocycles. The number of aromatic amines is 1. The van der Waals surface area contributed by atoms with Crippen molar-refractivity contribution in [3.8, 4) is 0 Å². The number of anilines is 2. The van der Waals surface area contributed by atoms with Crippen LogP contribution >= 0.6 is 0 Å². The molecule has 5 rings (SSSR count). The highest BCUT2D eigenvalue weighted by atomic mass is 16.2.